The zero-order valence-electron chi connectivity index (χ0n) is 7.88. The van der Waals surface area contributed by atoms with Crippen LogP contribution in [0, 0.1) is 0 Å². The van der Waals surface area contributed by atoms with Crippen molar-refractivity contribution in [3.63, 3.8) is 0 Å². The second-order valence-electron chi connectivity index (χ2n) is 3.06. The Morgan fingerprint density at radius 2 is 2.14 bits per heavy atom. The van der Waals surface area contributed by atoms with E-state index in [1.54, 1.807) is 4.57 Å². The molecule has 0 aliphatic heterocycles. The molecule has 14 heavy (non-hydrogen) atoms. The van der Waals surface area contributed by atoms with Crippen LogP contribution in [0.1, 0.15) is 25.6 Å². The first-order valence-electron chi connectivity index (χ1n) is 4.46. The normalized spacial score (nSPS) is 12.0. The summed E-state index contributed by atoms with van der Waals surface area (Å²) in [6.45, 7) is 2.62. The van der Waals surface area contributed by atoms with Crippen LogP contribution in [-0.2, 0) is 13.0 Å². The Labute approximate surface area is 79.9 Å². The minimum absolute atomic E-state index is 0.0938. The van der Waals surface area contributed by atoms with Gasteiger partial charge in [-0.25, -0.2) is 0 Å². The van der Waals surface area contributed by atoms with Crippen LogP contribution in [-0.4, -0.2) is 20.9 Å². The number of nitrogens with zero attached hydrogens (tertiary/aromatic N) is 3. The number of aromatic nitrogens is 3. The van der Waals surface area contributed by atoms with Crippen molar-refractivity contribution in [1.82, 2.24) is 14.8 Å². The predicted molar refractivity (Wildman–Crippen MR) is 44.7 cm³/mol. The molecule has 0 spiro atoms. The van der Waals surface area contributed by atoms with Gasteiger partial charge in [0.25, 0.3) is 0 Å². The van der Waals surface area contributed by atoms with Gasteiger partial charge in [-0.1, -0.05) is 6.92 Å². The lowest BCUT2D eigenvalue weighted by Crippen LogP contribution is -2.11. The van der Waals surface area contributed by atoms with Gasteiger partial charge in [-0.15, -0.1) is 10.2 Å². The molecular formula is C8H12F3N3. The fraction of sp³-hybridized carbons (Fsp3) is 0.750. The summed E-state index contributed by atoms with van der Waals surface area (Å²) in [5, 5.41) is 7.24. The third kappa shape index (κ3) is 3.35. The van der Waals surface area contributed by atoms with Crippen LogP contribution in [0.4, 0.5) is 13.2 Å². The minimum Gasteiger partial charge on any atom is -0.318 e. The van der Waals surface area contributed by atoms with E-state index in [9.17, 15) is 13.2 Å². The van der Waals surface area contributed by atoms with Crippen molar-refractivity contribution in [2.75, 3.05) is 0 Å². The highest BCUT2D eigenvalue weighted by Gasteiger charge is 2.27. The Hall–Kier alpha value is -1.07. The Bertz CT molecular complexity index is 280. The molecule has 1 aromatic heterocycles. The largest absolute Gasteiger partial charge is 0.389 e. The molecule has 0 aliphatic rings. The maximum Gasteiger partial charge on any atom is 0.389 e. The molecule has 0 radical (unpaired) electrons. The van der Waals surface area contributed by atoms with Gasteiger partial charge < -0.3 is 4.57 Å². The number of hydrogen-bond donors (Lipinski definition) is 0. The quantitative estimate of drug-likeness (QED) is 0.757. The molecule has 6 heteroatoms. The van der Waals surface area contributed by atoms with Gasteiger partial charge in [-0.2, -0.15) is 13.2 Å². The van der Waals surface area contributed by atoms with Crippen molar-refractivity contribution < 1.29 is 13.2 Å². The summed E-state index contributed by atoms with van der Waals surface area (Å²) in [5.41, 5.74) is 0. The van der Waals surface area contributed by atoms with E-state index in [1.807, 2.05) is 6.92 Å². The average molecular weight is 207 g/mol. The van der Waals surface area contributed by atoms with E-state index in [-0.39, 0.29) is 6.42 Å². The summed E-state index contributed by atoms with van der Waals surface area (Å²) < 4.78 is 37.4. The van der Waals surface area contributed by atoms with Gasteiger partial charge in [0.05, 0.1) is 6.42 Å². The van der Waals surface area contributed by atoms with E-state index in [0.717, 1.165) is 6.42 Å². The van der Waals surface area contributed by atoms with Gasteiger partial charge in [-0.05, 0) is 6.42 Å². The highest BCUT2D eigenvalue weighted by atomic mass is 19.4. The molecule has 0 N–H and O–H groups in total. The predicted octanol–water partition coefficient (Wildman–Crippen LogP) is 2.18. The fourth-order valence-corrected chi connectivity index (χ4v) is 1.15. The molecule has 0 atom stereocenters. The summed E-state index contributed by atoms with van der Waals surface area (Å²) in [7, 11) is 0. The van der Waals surface area contributed by atoms with Crippen LogP contribution in [0.2, 0.25) is 0 Å². The lowest BCUT2D eigenvalue weighted by atomic mass is 10.3. The van der Waals surface area contributed by atoms with Crippen molar-refractivity contribution in [2.24, 2.45) is 0 Å². The Balaban J connectivity index is 2.53. The molecule has 0 bridgehead atoms. The van der Waals surface area contributed by atoms with Crippen LogP contribution in [0.5, 0.6) is 0 Å². The molecule has 80 valence electrons. The Kier molecular flexibility index (Phi) is 3.49. The lowest BCUT2D eigenvalue weighted by Gasteiger charge is -2.06. The first kappa shape index (κ1) is 11.0. The average Bonchev–Trinajstić information content (AvgIpc) is 2.48. The van der Waals surface area contributed by atoms with Crippen LogP contribution in [0.25, 0.3) is 0 Å². The number of rotatable bonds is 4. The van der Waals surface area contributed by atoms with E-state index in [0.29, 0.717) is 12.4 Å². The van der Waals surface area contributed by atoms with Gasteiger partial charge in [0.15, 0.2) is 0 Å². The maximum atomic E-state index is 11.9. The molecule has 0 unspecified atom stereocenters. The molecule has 1 aromatic rings. The SMILES string of the molecule is CCCn1cnnc1CCC(F)(F)F. The number of alkyl halides is 3. The number of aryl methyl sites for hydroxylation is 2. The van der Waals surface area contributed by atoms with Crippen molar-refractivity contribution in [3.05, 3.63) is 12.2 Å². The summed E-state index contributed by atoms with van der Waals surface area (Å²) in [6.07, 6.45) is -2.73. The molecule has 0 saturated carbocycles. The molecule has 0 saturated heterocycles. The highest BCUT2D eigenvalue weighted by Crippen LogP contribution is 2.21. The molecular weight excluding hydrogens is 195 g/mol. The third-order valence-corrected chi connectivity index (χ3v) is 1.79. The van der Waals surface area contributed by atoms with Gasteiger partial charge in [0.2, 0.25) is 0 Å². The topological polar surface area (TPSA) is 30.7 Å². The van der Waals surface area contributed by atoms with E-state index in [4.69, 9.17) is 0 Å². The summed E-state index contributed by atoms with van der Waals surface area (Å²) >= 11 is 0. The van der Waals surface area contributed by atoms with Crippen LogP contribution in [0.15, 0.2) is 6.33 Å². The molecule has 0 aromatic carbocycles. The van der Waals surface area contributed by atoms with Gasteiger partial charge >= 0.3 is 6.18 Å². The minimum atomic E-state index is -4.12. The number of halogens is 3. The van der Waals surface area contributed by atoms with Gasteiger partial charge in [0.1, 0.15) is 12.2 Å². The summed E-state index contributed by atoms with van der Waals surface area (Å²) in [6, 6.07) is 0. The monoisotopic (exact) mass is 207 g/mol. The smallest absolute Gasteiger partial charge is 0.318 e. The van der Waals surface area contributed by atoms with Crippen molar-refractivity contribution in [2.45, 2.75) is 38.9 Å². The summed E-state index contributed by atoms with van der Waals surface area (Å²) in [5.74, 6) is 0.407. The van der Waals surface area contributed by atoms with Crippen LogP contribution < -0.4 is 0 Å². The maximum absolute atomic E-state index is 11.9. The third-order valence-electron chi connectivity index (χ3n) is 1.79. The van der Waals surface area contributed by atoms with Crippen LogP contribution >= 0.6 is 0 Å². The van der Waals surface area contributed by atoms with Crippen LogP contribution in [0.3, 0.4) is 0 Å². The van der Waals surface area contributed by atoms with E-state index in [2.05, 4.69) is 10.2 Å². The molecule has 1 rings (SSSR count). The Morgan fingerprint density at radius 1 is 1.43 bits per heavy atom. The molecule has 0 aliphatic carbocycles. The van der Waals surface area contributed by atoms with E-state index < -0.39 is 12.6 Å². The summed E-state index contributed by atoms with van der Waals surface area (Å²) in [4.78, 5) is 0. The standard InChI is InChI=1S/C8H12F3N3/c1-2-5-14-6-12-13-7(14)3-4-8(9,10)11/h6H,2-5H2,1H3. The van der Waals surface area contributed by atoms with E-state index in [1.165, 1.54) is 6.33 Å². The molecule has 3 nitrogen and oxygen atoms in total. The van der Waals surface area contributed by atoms with Crippen molar-refractivity contribution in [3.8, 4) is 0 Å². The van der Waals surface area contributed by atoms with Crippen molar-refractivity contribution >= 4 is 0 Å². The zero-order valence-corrected chi connectivity index (χ0v) is 7.88. The lowest BCUT2D eigenvalue weighted by molar-refractivity contribution is -0.134. The van der Waals surface area contributed by atoms with Gasteiger partial charge in [-0.3, -0.25) is 0 Å². The second kappa shape index (κ2) is 4.43. The fourth-order valence-electron chi connectivity index (χ4n) is 1.15. The molecule has 0 amide bonds. The first-order valence-corrected chi connectivity index (χ1v) is 4.46. The molecule has 1 heterocycles. The number of hydrogen-bond acceptors (Lipinski definition) is 2. The zero-order chi connectivity index (χ0) is 10.6. The first-order chi connectivity index (χ1) is 6.53. The Morgan fingerprint density at radius 3 is 2.71 bits per heavy atom. The van der Waals surface area contributed by atoms with Gasteiger partial charge in [0, 0.05) is 13.0 Å². The highest BCUT2D eigenvalue weighted by molar-refractivity contribution is 4.86. The van der Waals surface area contributed by atoms with E-state index >= 15 is 0 Å². The van der Waals surface area contributed by atoms with Crippen molar-refractivity contribution in [1.29, 1.82) is 0 Å². The second-order valence-corrected chi connectivity index (χ2v) is 3.06. The molecule has 0 fully saturated rings.